The highest BCUT2D eigenvalue weighted by Gasteiger charge is 2.23. The minimum atomic E-state index is 0.748. The lowest BCUT2D eigenvalue weighted by Crippen LogP contribution is -2.54. The molecule has 0 amide bonds. The van der Waals surface area contributed by atoms with Gasteiger partial charge in [0.2, 0.25) is 0 Å². The number of rotatable bonds is 5. The summed E-state index contributed by atoms with van der Waals surface area (Å²) in [4.78, 5) is 2.55. The Bertz CT molecular complexity index is 434. The van der Waals surface area contributed by atoms with Gasteiger partial charge in [0.15, 0.2) is 0 Å². The first-order valence-electron chi connectivity index (χ1n) is 7.39. The Kier molecular flexibility index (Phi) is 4.73. The second-order valence-electron chi connectivity index (χ2n) is 6.35. The molecule has 0 unspecified atom stereocenters. The highest BCUT2D eigenvalue weighted by molar-refractivity contribution is 5.70. The molecule has 112 valence electrons. The number of likely N-dealkylation sites (N-methyl/N-ethyl adjacent to an activating group) is 1. The zero-order valence-electron chi connectivity index (χ0n) is 12.7. The van der Waals surface area contributed by atoms with Gasteiger partial charge in [0.05, 0.1) is 38.6 Å². The summed E-state index contributed by atoms with van der Waals surface area (Å²) >= 11 is 0. The molecule has 0 atom stereocenters. The SMILES string of the molecule is C[N+]1(C)CCN(CCCNc2cc(N)ccc2N)CC1. The van der Waals surface area contributed by atoms with E-state index >= 15 is 0 Å². The van der Waals surface area contributed by atoms with Gasteiger partial charge in [-0.1, -0.05) is 0 Å². The predicted octanol–water partition coefficient (Wildman–Crippen LogP) is 1.05. The Balaban J connectivity index is 1.68. The molecule has 0 aliphatic carbocycles. The smallest absolute Gasteiger partial charge is 0.0912 e. The molecule has 0 radical (unpaired) electrons. The van der Waals surface area contributed by atoms with Crippen LogP contribution < -0.4 is 16.8 Å². The molecule has 5 nitrogen and oxygen atoms in total. The predicted molar refractivity (Wildman–Crippen MR) is 86.7 cm³/mol. The van der Waals surface area contributed by atoms with Gasteiger partial charge in [0, 0.05) is 31.9 Å². The standard InChI is InChI=1S/C15H28N5/c1-20(2)10-8-19(9-11-20)7-3-6-18-15-12-13(16)4-5-14(15)17/h4-5,12,18H,3,6-11,16-17H2,1-2H3/q+1. The topological polar surface area (TPSA) is 67.3 Å². The molecule has 0 saturated carbocycles. The Morgan fingerprint density at radius 3 is 2.60 bits per heavy atom. The molecule has 2 rings (SSSR count). The molecule has 1 fully saturated rings. The van der Waals surface area contributed by atoms with Crippen LogP contribution in [0.5, 0.6) is 0 Å². The fourth-order valence-corrected chi connectivity index (χ4v) is 2.52. The van der Waals surface area contributed by atoms with Gasteiger partial charge in [0.1, 0.15) is 0 Å². The van der Waals surface area contributed by atoms with Crippen molar-refractivity contribution in [2.24, 2.45) is 0 Å². The molecular weight excluding hydrogens is 250 g/mol. The Morgan fingerprint density at radius 1 is 1.20 bits per heavy atom. The minimum absolute atomic E-state index is 0.748. The number of nitrogen functional groups attached to an aromatic ring is 2. The fourth-order valence-electron chi connectivity index (χ4n) is 2.52. The summed E-state index contributed by atoms with van der Waals surface area (Å²) in [5, 5.41) is 3.37. The van der Waals surface area contributed by atoms with Gasteiger partial charge in [-0.2, -0.15) is 0 Å². The summed E-state index contributed by atoms with van der Waals surface area (Å²) in [5.41, 5.74) is 14.1. The highest BCUT2D eigenvalue weighted by atomic mass is 15.4. The number of hydrogen-bond donors (Lipinski definition) is 3. The summed E-state index contributed by atoms with van der Waals surface area (Å²) in [5.74, 6) is 0. The molecule has 0 aromatic heterocycles. The monoisotopic (exact) mass is 278 g/mol. The van der Waals surface area contributed by atoms with E-state index in [1.165, 1.54) is 26.2 Å². The third-order valence-corrected chi connectivity index (χ3v) is 4.09. The molecule has 1 heterocycles. The van der Waals surface area contributed by atoms with Crippen molar-refractivity contribution < 1.29 is 4.48 Å². The Morgan fingerprint density at radius 2 is 1.90 bits per heavy atom. The van der Waals surface area contributed by atoms with Crippen LogP contribution in [0.4, 0.5) is 17.1 Å². The lowest BCUT2D eigenvalue weighted by molar-refractivity contribution is -0.894. The first kappa shape index (κ1) is 14.9. The number of nitrogens with two attached hydrogens (primary N) is 2. The van der Waals surface area contributed by atoms with Crippen molar-refractivity contribution in [2.75, 3.05) is 70.1 Å². The second-order valence-corrected chi connectivity index (χ2v) is 6.35. The third kappa shape index (κ3) is 4.28. The van der Waals surface area contributed by atoms with E-state index in [2.05, 4.69) is 24.3 Å². The van der Waals surface area contributed by atoms with E-state index < -0.39 is 0 Å². The average molecular weight is 278 g/mol. The molecule has 1 saturated heterocycles. The molecule has 1 aromatic rings. The van der Waals surface area contributed by atoms with Crippen LogP contribution in [0.15, 0.2) is 18.2 Å². The molecular formula is C15H28N5+. The molecule has 0 bridgehead atoms. The van der Waals surface area contributed by atoms with Crippen LogP contribution in [0.1, 0.15) is 6.42 Å². The maximum atomic E-state index is 5.91. The molecule has 5 N–H and O–H groups in total. The van der Waals surface area contributed by atoms with E-state index in [0.717, 1.165) is 41.1 Å². The molecule has 1 aromatic carbocycles. The van der Waals surface area contributed by atoms with Crippen LogP contribution in [-0.4, -0.2) is 62.7 Å². The molecule has 1 aliphatic heterocycles. The third-order valence-electron chi connectivity index (χ3n) is 4.09. The summed E-state index contributed by atoms with van der Waals surface area (Å²) < 4.78 is 1.15. The first-order chi connectivity index (χ1) is 9.46. The summed E-state index contributed by atoms with van der Waals surface area (Å²) in [6.45, 7) is 6.98. The van der Waals surface area contributed by atoms with Crippen molar-refractivity contribution >= 4 is 17.1 Å². The van der Waals surface area contributed by atoms with Gasteiger partial charge in [-0.3, -0.25) is 4.90 Å². The van der Waals surface area contributed by atoms with E-state index in [9.17, 15) is 0 Å². The number of nitrogens with zero attached hydrogens (tertiary/aromatic N) is 2. The summed E-state index contributed by atoms with van der Waals surface area (Å²) in [7, 11) is 4.61. The number of benzene rings is 1. The van der Waals surface area contributed by atoms with Gasteiger partial charge >= 0.3 is 0 Å². The minimum Gasteiger partial charge on any atom is -0.399 e. The van der Waals surface area contributed by atoms with Crippen LogP contribution in [0, 0.1) is 0 Å². The number of quaternary nitrogens is 1. The van der Waals surface area contributed by atoms with Crippen molar-refractivity contribution in [3.8, 4) is 0 Å². The molecule has 0 spiro atoms. The van der Waals surface area contributed by atoms with Crippen molar-refractivity contribution in [1.82, 2.24) is 4.90 Å². The van der Waals surface area contributed by atoms with Crippen LogP contribution in [-0.2, 0) is 0 Å². The van der Waals surface area contributed by atoms with E-state index in [4.69, 9.17) is 11.5 Å². The van der Waals surface area contributed by atoms with Crippen LogP contribution in [0.2, 0.25) is 0 Å². The average Bonchev–Trinajstić information content (AvgIpc) is 2.40. The van der Waals surface area contributed by atoms with E-state index in [-0.39, 0.29) is 0 Å². The second kappa shape index (κ2) is 6.33. The van der Waals surface area contributed by atoms with Gasteiger partial charge in [0.25, 0.3) is 0 Å². The fraction of sp³-hybridized carbons (Fsp3) is 0.600. The molecule has 5 heteroatoms. The number of piperazine rings is 1. The quantitative estimate of drug-likeness (QED) is 0.428. The van der Waals surface area contributed by atoms with Crippen molar-refractivity contribution in [3.05, 3.63) is 18.2 Å². The zero-order valence-corrected chi connectivity index (χ0v) is 12.7. The Hall–Kier alpha value is -1.46. The van der Waals surface area contributed by atoms with Crippen molar-refractivity contribution in [2.45, 2.75) is 6.42 Å². The number of hydrogen-bond acceptors (Lipinski definition) is 4. The summed E-state index contributed by atoms with van der Waals surface area (Å²) in [6.07, 6.45) is 1.13. The Labute approximate surface area is 122 Å². The van der Waals surface area contributed by atoms with Crippen molar-refractivity contribution in [3.63, 3.8) is 0 Å². The summed E-state index contributed by atoms with van der Waals surface area (Å²) in [6, 6.07) is 5.58. The normalized spacial score (nSPS) is 18.9. The van der Waals surface area contributed by atoms with Gasteiger partial charge in [-0.25, -0.2) is 0 Å². The maximum Gasteiger partial charge on any atom is 0.0912 e. The largest absolute Gasteiger partial charge is 0.399 e. The highest BCUT2D eigenvalue weighted by Crippen LogP contribution is 2.21. The molecule has 20 heavy (non-hydrogen) atoms. The first-order valence-corrected chi connectivity index (χ1v) is 7.39. The number of anilines is 3. The molecule has 1 aliphatic rings. The lowest BCUT2D eigenvalue weighted by atomic mass is 10.2. The van der Waals surface area contributed by atoms with E-state index in [0.29, 0.717) is 0 Å². The van der Waals surface area contributed by atoms with Gasteiger partial charge in [-0.05, 0) is 24.6 Å². The van der Waals surface area contributed by atoms with Crippen molar-refractivity contribution in [1.29, 1.82) is 0 Å². The lowest BCUT2D eigenvalue weighted by Gasteiger charge is -2.39. The van der Waals surface area contributed by atoms with E-state index in [1.54, 1.807) is 0 Å². The van der Waals surface area contributed by atoms with E-state index in [1.807, 2.05) is 18.2 Å². The van der Waals surface area contributed by atoms with Crippen LogP contribution >= 0.6 is 0 Å². The maximum absolute atomic E-state index is 5.91. The van der Waals surface area contributed by atoms with Gasteiger partial charge < -0.3 is 21.3 Å². The van der Waals surface area contributed by atoms with Crippen LogP contribution in [0.3, 0.4) is 0 Å². The van der Waals surface area contributed by atoms with Gasteiger partial charge in [-0.15, -0.1) is 0 Å². The number of nitrogens with one attached hydrogen (secondary N) is 1. The zero-order chi connectivity index (χ0) is 14.6. The van der Waals surface area contributed by atoms with Crippen LogP contribution in [0.25, 0.3) is 0 Å².